The van der Waals surface area contributed by atoms with Crippen molar-refractivity contribution in [3.8, 4) is 11.5 Å². The van der Waals surface area contributed by atoms with Gasteiger partial charge in [0.15, 0.2) is 11.6 Å². The second-order valence-electron chi connectivity index (χ2n) is 5.26. The van der Waals surface area contributed by atoms with E-state index in [4.69, 9.17) is 33.8 Å². The Bertz CT molecular complexity index is 716. The number of aliphatic hydroxyl groups excluding tert-OH is 1. The van der Waals surface area contributed by atoms with Crippen LogP contribution in [0, 0.1) is 22.3 Å². The number of hydrogen-bond acceptors (Lipinski definition) is 9. The zero-order chi connectivity index (χ0) is 26.1. The molecule has 1 fully saturated rings. The van der Waals surface area contributed by atoms with Crippen molar-refractivity contribution in [2.75, 3.05) is 0 Å². The number of phenols is 2. The summed E-state index contributed by atoms with van der Waals surface area (Å²) in [6, 6.07) is 5.70. The SMILES string of the molecule is O=C1C=CC(=O)C=C1.O=C1CCC(O)CC1.Oc1ccc(O)cc1.[2H]C=O.[2H]C=O.[2H]C=O.[CH3-].[CH3-].[CH3-].[HH].[HH].[Rh+2].[Rh].[Rh]. The summed E-state index contributed by atoms with van der Waals surface area (Å²) in [4.78, 5) is 56.5. The van der Waals surface area contributed by atoms with Crippen molar-refractivity contribution in [2.24, 2.45) is 0 Å². The van der Waals surface area contributed by atoms with Crippen LogP contribution in [-0.4, -0.2) is 59.1 Å². The number of aliphatic hydroxyl groups is 1. The van der Waals surface area contributed by atoms with E-state index in [-0.39, 0.29) is 133 Å². The van der Waals surface area contributed by atoms with Crippen molar-refractivity contribution < 1.29 is 109 Å². The fraction of sp³-hybridized carbons (Fsp3) is 0.208. The van der Waals surface area contributed by atoms with Crippen molar-refractivity contribution in [3.63, 3.8) is 0 Å². The van der Waals surface area contributed by atoms with Gasteiger partial charge in [0.05, 0.1) is 6.10 Å². The van der Waals surface area contributed by atoms with E-state index in [0.717, 1.165) is 0 Å². The average molecular weight is 783 g/mol. The molecular formula is C24H39O9Rh3-. The van der Waals surface area contributed by atoms with E-state index < -0.39 is 0 Å². The van der Waals surface area contributed by atoms with Gasteiger partial charge in [-0.15, -0.1) is 0 Å². The summed E-state index contributed by atoms with van der Waals surface area (Å²) in [5.41, 5.74) is 0. The maximum atomic E-state index is 10.5. The number of phenolic OH excluding ortho intramolecular Hbond substituents is 2. The van der Waals surface area contributed by atoms with Gasteiger partial charge in [0.25, 0.3) is 0 Å². The van der Waals surface area contributed by atoms with Crippen molar-refractivity contribution in [1.82, 2.24) is 0 Å². The minimum absolute atomic E-state index is 0. The predicted octanol–water partition coefficient (Wildman–Crippen LogP) is 3.12. The largest absolute Gasteiger partial charge is 2.00 e. The van der Waals surface area contributed by atoms with Crippen molar-refractivity contribution in [3.05, 3.63) is 70.8 Å². The fourth-order valence-electron chi connectivity index (χ4n) is 1.82. The molecule has 2 aliphatic rings. The molecule has 3 rings (SSSR count). The Labute approximate surface area is 260 Å². The van der Waals surface area contributed by atoms with E-state index in [9.17, 15) is 14.4 Å². The summed E-state index contributed by atoms with van der Waals surface area (Å²) in [6.45, 7) is 0. The van der Waals surface area contributed by atoms with E-state index in [1.165, 1.54) is 48.6 Å². The van der Waals surface area contributed by atoms with Gasteiger partial charge in [-0.2, -0.15) is 0 Å². The molecule has 12 heteroatoms. The third kappa shape index (κ3) is 39.4. The third-order valence-corrected chi connectivity index (χ3v) is 3.19. The fourth-order valence-corrected chi connectivity index (χ4v) is 1.82. The van der Waals surface area contributed by atoms with E-state index in [0.29, 0.717) is 31.5 Å². The standard InChI is InChI=1S/C6H10O2.C6H6O2.C6H4O2.3CH2O.3CH3.3Rh.2H2/c3*7-5-1-2-6(8)4-3-5;3*1-2;;;;;;;;/h5,7H,1-4H2;1-4,7-8H;1-4H;3*1H2;3*1H3;;;;2*1H/q;;;;;;3*-1;;;+2;;/i;;;3*1D;;;;;;;;. The Hall–Kier alpha value is -1.85. The Morgan fingerprint density at radius 3 is 1.14 bits per heavy atom. The van der Waals surface area contributed by atoms with Crippen molar-refractivity contribution in [1.29, 1.82) is 0 Å². The molecule has 0 saturated heterocycles. The Morgan fingerprint density at radius 1 is 0.722 bits per heavy atom. The molecular weight excluding hydrogens is 741 g/mol. The quantitative estimate of drug-likeness (QED) is 0.155. The van der Waals surface area contributed by atoms with Gasteiger partial charge in [-0.25, -0.2) is 0 Å². The second kappa shape index (κ2) is 43.2. The number of carbonyl (C=O) groups is 6. The van der Waals surface area contributed by atoms with Gasteiger partial charge in [-0.1, -0.05) is 0 Å². The zero-order valence-electron chi connectivity index (χ0n) is 23.0. The Balaban J connectivity index is -0.0000000295. The number of allylic oxidation sites excluding steroid dienone is 4. The number of hydrogen-bond donors (Lipinski definition) is 3. The summed E-state index contributed by atoms with van der Waals surface area (Å²) in [7, 11) is 0. The molecule has 3 radical (unpaired) electrons. The summed E-state index contributed by atoms with van der Waals surface area (Å²) in [5.74, 6) is 0.398. The molecule has 0 heterocycles. The monoisotopic (exact) mass is 783 g/mol. The summed E-state index contributed by atoms with van der Waals surface area (Å²) in [6.07, 6.45) is 7.34. The first-order chi connectivity index (χ1) is 15.6. The Morgan fingerprint density at radius 2 is 0.944 bits per heavy atom. The maximum Gasteiger partial charge on any atom is 2.00 e. The zero-order valence-corrected chi connectivity index (χ0v) is 25.0. The van der Waals surface area contributed by atoms with Crippen LogP contribution in [0.4, 0.5) is 0 Å². The molecule has 0 aromatic heterocycles. The van der Waals surface area contributed by atoms with E-state index >= 15 is 0 Å². The van der Waals surface area contributed by atoms with E-state index in [1.807, 2.05) is 0 Å². The number of rotatable bonds is 0. The van der Waals surface area contributed by atoms with E-state index in [1.54, 1.807) is 0 Å². The first-order valence-electron chi connectivity index (χ1n) is 9.92. The van der Waals surface area contributed by atoms with Gasteiger partial charge < -0.3 is 52.0 Å². The number of carbonyl (C=O) groups excluding carboxylic acids is 6. The first kappa shape index (κ1) is 47.4. The molecule has 0 aliphatic heterocycles. The predicted molar refractivity (Wildman–Crippen MR) is 132 cm³/mol. The molecule has 3 N–H and O–H groups in total. The second-order valence-corrected chi connectivity index (χ2v) is 5.26. The van der Waals surface area contributed by atoms with Gasteiger partial charge in [0.2, 0.25) is 0 Å². The number of aromatic hydroxyl groups is 2. The molecule has 1 saturated carbocycles. The molecule has 217 valence electrons. The van der Waals surface area contributed by atoms with Crippen LogP contribution in [0.5, 0.6) is 11.5 Å². The molecule has 0 atom stereocenters. The molecule has 2 aliphatic carbocycles. The maximum absolute atomic E-state index is 10.5. The van der Waals surface area contributed by atoms with Crippen LogP contribution in [0.25, 0.3) is 0 Å². The smallest absolute Gasteiger partial charge is 0.508 e. The molecule has 9 nitrogen and oxygen atoms in total. The average Bonchev–Trinajstić information content (AvgIpc) is 2.77. The Kier molecular flexibility index (Phi) is 56.9. The van der Waals surface area contributed by atoms with Crippen molar-refractivity contribution in [2.45, 2.75) is 31.8 Å². The molecule has 0 amide bonds. The van der Waals surface area contributed by atoms with Crippen LogP contribution in [0.3, 0.4) is 0 Å². The minimum atomic E-state index is -0.201. The van der Waals surface area contributed by atoms with Gasteiger partial charge in [0, 0.05) is 54.7 Å². The minimum Gasteiger partial charge on any atom is -0.508 e. The molecule has 1 aromatic carbocycles. The van der Waals surface area contributed by atoms with Gasteiger partial charge in [-0.05, 0) is 61.4 Å². The van der Waals surface area contributed by atoms with Crippen LogP contribution in [0.1, 0.15) is 32.6 Å². The topological polar surface area (TPSA) is 163 Å². The molecule has 1 aromatic rings. The summed E-state index contributed by atoms with van der Waals surface area (Å²) < 4.78 is 16.6. The summed E-state index contributed by atoms with van der Waals surface area (Å²) in [5, 5.41) is 26.2. The molecule has 0 unspecified atom stereocenters. The van der Waals surface area contributed by atoms with Gasteiger partial charge in [-0.3, -0.25) is 14.4 Å². The molecule has 36 heavy (non-hydrogen) atoms. The van der Waals surface area contributed by atoms with Gasteiger partial charge >= 0.3 is 19.5 Å². The van der Waals surface area contributed by atoms with Crippen LogP contribution < -0.4 is 0 Å². The van der Waals surface area contributed by atoms with Crippen molar-refractivity contribution >= 4 is 37.6 Å². The first-order valence-corrected chi connectivity index (χ1v) is 8.19. The van der Waals surface area contributed by atoms with Crippen LogP contribution in [0.2, 0.25) is 0 Å². The van der Waals surface area contributed by atoms with E-state index in [2.05, 4.69) is 0 Å². The number of Topliss-reactive ketones (excluding diaryl/α,β-unsaturated/α-hetero) is 1. The number of benzene rings is 1. The number of ketones is 3. The van der Waals surface area contributed by atoms with Gasteiger partial charge in [0.1, 0.15) is 41.7 Å². The van der Waals surface area contributed by atoms with Crippen LogP contribution >= 0.6 is 0 Å². The molecule has 0 bridgehead atoms. The van der Waals surface area contributed by atoms with Crippen LogP contribution in [-0.2, 0) is 87.2 Å². The normalized spacial score (nSPS) is 12.4. The third-order valence-electron chi connectivity index (χ3n) is 3.19. The summed E-state index contributed by atoms with van der Waals surface area (Å²) >= 11 is 0. The molecule has 0 spiro atoms. The van der Waals surface area contributed by atoms with Crippen LogP contribution in [0.15, 0.2) is 48.6 Å².